The maximum atomic E-state index is 13.8. The molecule has 0 radical (unpaired) electrons. The van der Waals surface area contributed by atoms with E-state index < -0.39 is 5.82 Å². The van der Waals surface area contributed by atoms with E-state index in [2.05, 4.69) is 5.32 Å². The monoisotopic (exact) mass is 307 g/mol. The van der Waals surface area contributed by atoms with Gasteiger partial charge in [-0.05, 0) is 61.2 Å². The van der Waals surface area contributed by atoms with Gasteiger partial charge in [-0.15, -0.1) is 0 Å². The summed E-state index contributed by atoms with van der Waals surface area (Å²) >= 11 is 6.00. The minimum Gasteiger partial charge on any atom is -0.303 e. The van der Waals surface area contributed by atoms with E-state index in [1.165, 1.54) is 23.3 Å². The third-order valence-electron chi connectivity index (χ3n) is 4.06. The van der Waals surface area contributed by atoms with Crippen molar-refractivity contribution in [3.05, 3.63) is 69.7 Å². The van der Waals surface area contributed by atoms with Crippen LogP contribution in [0.15, 0.2) is 36.4 Å². The summed E-state index contributed by atoms with van der Waals surface area (Å²) in [5.74, 6) is -0.801. The summed E-state index contributed by atoms with van der Waals surface area (Å²) in [5, 5.41) is 4.12. The lowest BCUT2D eigenvalue weighted by molar-refractivity contribution is 0.447. The lowest BCUT2D eigenvalue weighted by Crippen LogP contribution is -2.23. The topological polar surface area (TPSA) is 12.0 Å². The molecule has 0 heterocycles. The molecule has 0 fully saturated rings. The number of aryl methyl sites for hydroxylation is 1. The molecule has 0 aliphatic heterocycles. The van der Waals surface area contributed by atoms with Crippen LogP contribution in [0.1, 0.15) is 42.1 Å². The Morgan fingerprint density at radius 2 is 2.00 bits per heavy atom. The molecule has 110 valence electrons. The second-order valence-corrected chi connectivity index (χ2v) is 5.93. The van der Waals surface area contributed by atoms with Gasteiger partial charge in [-0.3, -0.25) is 0 Å². The van der Waals surface area contributed by atoms with Crippen LogP contribution < -0.4 is 5.32 Å². The Morgan fingerprint density at radius 3 is 2.81 bits per heavy atom. The fourth-order valence-electron chi connectivity index (χ4n) is 3.00. The van der Waals surface area contributed by atoms with Crippen molar-refractivity contribution >= 4 is 11.6 Å². The molecule has 0 saturated carbocycles. The molecule has 3 rings (SSSR count). The summed E-state index contributed by atoms with van der Waals surface area (Å²) in [4.78, 5) is 0. The average Bonchev–Trinajstić information content (AvgIpc) is 2.83. The standard InChI is InChI=1S/C17H16ClF2N/c1-10(15-9-13(19)4-6-16(15)20)21-17-7-2-11-8-12(18)3-5-14(11)17/h3-6,8-10,17,21H,2,7H2,1H3. The molecule has 0 bridgehead atoms. The molecule has 0 spiro atoms. The Labute approximate surface area is 127 Å². The molecule has 2 aromatic rings. The number of halogens is 3. The Morgan fingerprint density at radius 1 is 1.19 bits per heavy atom. The fourth-order valence-corrected chi connectivity index (χ4v) is 3.19. The zero-order chi connectivity index (χ0) is 15.0. The van der Waals surface area contributed by atoms with Gasteiger partial charge in [0, 0.05) is 22.7 Å². The van der Waals surface area contributed by atoms with E-state index in [9.17, 15) is 8.78 Å². The van der Waals surface area contributed by atoms with Crippen molar-refractivity contribution in [3.8, 4) is 0 Å². The SMILES string of the molecule is CC(NC1CCc2cc(Cl)ccc21)c1cc(F)ccc1F. The predicted octanol–water partition coefficient (Wildman–Crippen LogP) is 4.96. The second-order valence-electron chi connectivity index (χ2n) is 5.49. The van der Waals surface area contributed by atoms with Gasteiger partial charge in [-0.25, -0.2) is 8.78 Å². The van der Waals surface area contributed by atoms with E-state index in [0.717, 1.165) is 23.9 Å². The highest BCUT2D eigenvalue weighted by molar-refractivity contribution is 6.30. The Hall–Kier alpha value is -1.45. The minimum atomic E-state index is -0.418. The molecule has 1 N–H and O–H groups in total. The zero-order valence-corrected chi connectivity index (χ0v) is 12.4. The molecule has 0 saturated heterocycles. The van der Waals surface area contributed by atoms with Crippen LogP contribution in [0.25, 0.3) is 0 Å². The van der Waals surface area contributed by atoms with Crippen molar-refractivity contribution < 1.29 is 8.78 Å². The fraction of sp³-hybridized carbons (Fsp3) is 0.294. The van der Waals surface area contributed by atoms with E-state index in [4.69, 9.17) is 11.6 Å². The van der Waals surface area contributed by atoms with Crippen LogP contribution in [0.4, 0.5) is 8.78 Å². The van der Waals surface area contributed by atoms with Crippen LogP contribution in [-0.2, 0) is 6.42 Å². The van der Waals surface area contributed by atoms with Crippen molar-refractivity contribution in [3.63, 3.8) is 0 Å². The van der Waals surface area contributed by atoms with Crippen LogP contribution in [0, 0.1) is 11.6 Å². The number of hydrogen-bond acceptors (Lipinski definition) is 1. The Kier molecular flexibility index (Phi) is 3.96. The molecule has 2 unspecified atom stereocenters. The summed E-state index contributed by atoms with van der Waals surface area (Å²) in [7, 11) is 0. The molecule has 21 heavy (non-hydrogen) atoms. The van der Waals surface area contributed by atoms with Gasteiger partial charge in [0.15, 0.2) is 0 Å². The molecule has 1 aliphatic rings. The third-order valence-corrected chi connectivity index (χ3v) is 4.29. The molecular weight excluding hydrogens is 292 g/mol. The molecule has 1 nitrogen and oxygen atoms in total. The number of rotatable bonds is 3. The highest BCUT2D eigenvalue weighted by Gasteiger charge is 2.25. The molecule has 2 aromatic carbocycles. The lowest BCUT2D eigenvalue weighted by Gasteiger charge is -2.21. The first-order valence-electron chi connectivity index (χ1n) is 7.04. The van der Waals surface area contributed by atoms with Gasteiger partial charge in [0.2, 0.25) is 0 Å². The van der Waals surface area contributed by atoms with Gasteiger partial charge in [0.25, 0.3) is 0 Å². The van der Waals surface area contributed by atoms with Crippen molar-refractivity contribution in [1.82, 2.24) is 5.32 Å². The van der Waals surface area contributed by atoms with Crippen molar-refractivity contribution in [2.24, 2.45) is 0 Å². The Balaban J connectivity index is 1.81. The number of fused-ring (bicyclic) bond motifs is 1. The average molecular weight is 308 g/mol. The summed E-state index contributed by atoms with van der Waals surface area (Å²) in [6.07, 6.45) is 1.89. The van der Waals surface area contributed by atoms with Gasteiger partial charge in [0.1, 0.15) is 11.6 Å². The molecule has 1 aliphatic carbocycles. The first-order chi connectivity index (χ1) is 10.0. The molecular formula is C17H16ClF2N. The quantitative estimate of drug-likeness (QED) is 0.845. The highest BCUT2D eigenvalue weighted by Crippen LogP contribution is 2.34. The van der Waals surface area contributed by atoms with Gasteiger partial charge < -0.3 is 5.32 Å². The summed E-state index contributed by atoms with van der Waals surface area (Å²) in [6.45, 7) is 1.85. The highest BCUT2D eigenvalue weighted by atomic mass is 35.5. The smallest absolute Gasteiger partial charge is 0.128 e. The normalized spacial score (nSPS) is 18.6. The van der Waals surface area contributed by atoms with Crippen molar-refractivity contribution in [1.29, 1.82) is 0 Å². The molecule has 2 atom stereocenters. The molecule has 4 heteroatoms. The first-order valence-corrected chi connectivity index (χ1v) is 7.41. The number of nitrogens with one attached hydrogen (secondary N) is 1. The summed E-state index contributed by atoms with van der Waals surface area (Å²) in [5.41, 5.74) is 2.78. The second kappa shape index (κ2) is 5.74. The van der Waals surface area contributed by atoms with Crippen LogP contribution in [0.2, 0.25) is 5.02 Å². The molecule has 0 aromatic heterocycles. The number of hydrogen-bond donors (Lipinski definition) is 1. The first kappa shape index (κ1) is 14.5. The van der Waals surface area contributed by atoms with Crippen LogP contribution >= 0.6 is 11.6 Å². The van der Waals surface area contributed by atoms with Gasteiger partial charge in [-0.1, -0.05) is 17.7 Å². The van der Waals surface area contributed by atoms with Crippen LogP contribution in [-0.4, -0.2) is 0 Å². The maximum absolute atomic E-state index is 13.8. The maximum Gasteiger partial charge on any atom is 0.128 e. The number of benzene rings is 2. The van der Waals surface area contributed by atoms with E-state index in [0.29, 0.717) is 5.56 Å². The van der Waals surface area contributed by atoms with Gasteiger partial charge >= 0.3 is 0 Å². The van der Waals surface area contributed by atoms with E-state index in [-0.39, 0.29) is 17.9 Å². The van der Waals surface area contributed by atoms with E-state index in [1.807, 2.05) is 25.1 Å². The zero-order valence-electron chi connectivity index (χ0n) is 11.7. The predicted molar refractivity (Wildman–Crippen MR) is 80.4 cm³/mol. The largest absolute Gasteiger partial charge is 0.303 e. The summed E-state index contributed by atoms with van der Waals surface area (Å²) < 4.78 is 27.1. The van der Waals surface area contributed by atoms with Crippen LogP contribution in [0.3, 0.4) is 0 Å². The summed E-state index contributed by atoms with van der Waals surface area (Å²) in [6, 6.07) is 9.31. The molecule has 0 amide bonds. The van der Waals surface area contributed by atoms with Crippen molar-refractivity contribution in [2.45, 2.75) is 31.8 Å². The van der Waals surface area contributed by atoms with E-state index in [1.54, 1.807) is 0 Å². The third kappa shape index (κ3) is 2.94. The van der Waals surface area contributed by atoms with Crippen molar-refractivity contribution in [2.75, 3.05) is 0 Å². The van der Waals surface area contributed by atoms with Gasteiger partial charge in [-0.2, -0.15) is 0 Å². The Bertz CT molecular complexity index is 672. The van der Waals surface area contributed by atoms with Gasteiger partial charge in [0.05, 0.1) is 0 Å². The minimum absolute atomic E-state index is 0.148. The lowest BCUT2D eigenvalue weighted by atomic mass is 10.0. The van der Waals surface area contributed by atoms with E-state index >= 15 is 0 Å². The van der Waals surface area contributed by atoms with Crippen LogP contribution in [0.5, 0.6) is 0 Å².